The van der Waals surface area contributed by atoms with Gasteiger partial charge in [0, 0.05) is 18.4 Å². The number of pyridine rings is 1. The van der Waals surface area contributed by atoms with Crippen molar-refractivity contribution in [3.8, 4) is 17.7 Å². The summed E-state index contributed by atoms with van der Waals surface area (Å²) in [5, 5.41) is 12.0. The van der Waals surface area contributed by atoms with Crippen molar-refractivity contribution in [2.24, 2.45) is 0 Å². The average Bonchev–Trinajstić information content (AvgIpc) is 2.40. The molecule has 1 N–H and O–H groups in total. The third-order valence-corrected chi connectivity index (χ3v) is 2.48. The number of benzene rings is 1. The van der Waals surface area contributed by atoms with Crippen molar-refractivity contribution >= 4 is 5.69 Å². The summed E-state index contributed by atoms with van der Waals surface area (Å²) in [4.78, 5) is 4.22. The largest absolute Gasteiger partial charge is 0.438 e. The van der Waals surface area contributed by atoms with Crippen molar-refractivity contribution in [3.63, 3.8) is 0 Å². The van der Waals surface area contributed by atoms with Gasteiger partial charge in [-0.25, -0.2) is 4.98 Å². The SMILES string of the molecule is CNc1ccc(Oc2nc(C)ccc2C#N)cc1. The summed E-state index contributed by atoms with van der Waals surface area (Å²) < 4.78 is 5.62. The van der Waals surface area contributed by atoms with Crippen LogP contribution in [0.15, 0.2) is 36.4 Å². The van der Waals surface area contributed by atoms with Crippen LogP contribution in [0.4, 0.5) is 5.69 Å². The lowest BCUT2D eigenvalue weighted by Gasteiger charge is -2.07. The molecule has 0 aliphatic rings. The zero-order valence-electron chi connectivity index (χ0n) is 10.3. The van der Waals surface area contributed by atoms with Crippen LogP contribution in [0.3, 0.4) is 0 Å². The van der Waals surface area contributed by atoms with E-state index in [1.807, 2.05) is 38.2 Å². The van der Waals surface area contributed by atoms with Gasteiger partial charge < -0.3 is 10.1 Å². The monoisotopic (exact) mass is 239 g/mol. The minimum absolute atomic E-state index is 0.342. The van der Waals surface area contributed by atoms with E-state index in [0.717, 1.165) is 11.4 Å². The molecule has 0 amide bonds. The summed E-state index contributed by atoms with van der Waals surface area (Å²) in [6.45, 7) is 1.86. The maximum atomic E-state index is 8.99. The van der Waals surface area contributed by atoms with E-state index in [1.54, 1.807) is 12.1 Å². The number of ether oxygens (including phenoxy) is 1. The minimum Gasteiger partial charge on any atom is -0.438 e. The van der Waals surface area contributed by atoms with Gasteiger partial charge in [0.2, 0.25) is 5.88 Å². The molecular formula is C14H13N3O. The molecule has 4 heteroatoms. The van der Waals surface area contributed by atoms with E-state index in [4.69, 9.17) is 10.00 Å². The van der Waals surface area contributed by atoms with Gasteiger partial charge in [0.05, 0.1) is 0 Å². The molecule has 4 nitrogen and oxygen atoms in total. The zero-order valence-corrected chi connectivity index (χ0v) is 10.3. The smallest absolute Gasteiger partial charge is 0.237 e. The molecule has 0 aliphatic heterocycles. The van der Waals surface area contributed by atoms with E-state index < -0.39 is 0 Å². The lowest BCUT2D eigenvalue weighted by molar-refractivity contribution is 0.460. The first-order valence-electron chi connectivity index (χ1n) is 5.56. The molecule has 0 unspecified atom stereocenters. The highest BCUT2D eigenvalue weighted by molar-refractivity contribution is 5.47. The van der Waals surface area contributed by atoms with Crippen LogP contribution >= 0.6 is 0 Å². The molecule has 90 valence electrons. The van der Waals surface area contributed by atoms with Crippen molar-refractivity contribution in [1.29, 1.82) is 5.26 Å². The van der Waals surface area contributed by atoms with Crippen LogP contribution in [0.5, 0.6) is 11.6 Å². The Morgan fingerprint density at radius 1 is 1.17 bits per heavy atom. The summed E-state index contributed by atoms with van der Waals surface area (Å²) in [5.41, 5.74) is 2.24. The molecule has 2 rings (SSSR count). The molecular weight excluding hydrogens is 226 g/mol. The van der Waals surface area contributed by atoms with Crippen molar-refractivity contribution in [2.45, 2.75) is 6.92 Å². The van der Waals surface area contributed by atoms with Crippen LogP contribution in [0.2, 0.25) is 0 Å². The van der Waals surface area contributed by atoms with Crippen LogP contribution < -0.4 is 10.1 Å². The zero-order chi connectivity index (χ0) is 13.0. The van der Waals surface area contributed by atoms with Crippen molar-refractivity contribution in [3.05, 3.63) is 47.7 Å². The van der Waals surface area contributed by atoms with E-state index in [1.165, 1.54) is 0 Å². The van der Waals surface area contributed by atoms with Crippen molar-refractivity contribution in [1.82, 2.24) is 4.98 Å². The lowest BCUT2D eigenvalue weighted by atomic mass is 10.2. The highest BCUT2D eigenvalue weighted by Crippen LogP contribution is 2.24. The van der Waals surface area contributed by atoms with Gasteiger partial charge in [-0.3, -0.25) is 0 Å². The highest BCUT2D eigenvalue weighted by atomic mass is 16.5. The molecule has 0 fully saturated rings. The number of nitriles is 1. The van der Waals surface area contributed by atoms with Crippen LogP contribution in [0, 0.1) is 18.3 Å². The molecule has 18 heavy (non-hydrogen) atoms. The fourth-order valence-corrected chi connectivity index (χ4v) is 1.50. The number of nitrogens with one attached hydrogen (secondary N) is 1. The molecule has 0 bridgehead atoms. The average molecular weight is 239 g/mol. The topological polar surface area (TPSA) is 57.9 Å². The Labute approximate surface area is 106 Å². The molecule has 0 aliphatic carbocycles. The van der Waals surface area contributed by atoms with Crippen LogP contribution in [-0.4, -0.2) is 12.0 Å². The third-order valence-electron chi connectivity index (χ3n) is 2.48. The second-order valence-electron chi connectivity index (χ2n) is 3.79. The van der Waals surface area contributed by atoms with Gasteiger partial charge in [0.15, 0.2) is 0 Å². The number of hydrogen-bond acceptors (Lipinski definition) is 4. The van der Waals surface area contributed by atoms with Gasteiger partial charge in [-0.15, -0.1) is 0 Å². The predicted octanol–water partition coefficient (Wildman–Crippen LogP) is 3.10. The maximum absolute atomic E-state index is 8.99. The molecule has 0 radical (unpaired) electrons. The number of hydrogen-bond donors (Lipinski definition) is 1. The van der Waals surface area contributed by atoms with Gasteiger partial charge in [0.25, 0.3) is 0 Å². The Kier molecular flexibility index (Phi) is 3.44. The normalized spacial score (nSPS) is 9.61. The summed E-state index contributed by atoms with van der Waals surface area (Å²) in [6, 6.07) is 13.0. The standard InChI is InChI=1S/C14H13N3O/c1-10-3-4-11(9-15)14(17-10)18-13-7-5-12(16-2)6-8-13/h3-8,16H,1-2H3. The van der Waals surface area contributed by atoms with E-state index in [2.05, 4.69) is 16.4 Å². The summed E-state index contributed by atoms with van der Waals surface area (Å²) in [5.74, 6) is 0.998. The summed E-state index contributed by atoms with van der Waals surface area (Å²) >= 11 is 0. The molecule has 1 aromatic heterocycles. The van der Waals surface area contributed by atoms with Crippen LogP contribution in [-0.2, 0) is 0 Å². The van der Waals surface area contributed by atoms with Crippen molar-refractivity contribution < 1.29 is 4.74 Å². The van der Waals surface area contributed by atoms with Gasteiger partial charge in [-0.1, -0.05) is 0 Å². The Hall–Kier alpha value is -2.54. The molecule has 1 heterocycles. The number of aryl methyl sites for hydroxylation is 1. The van der Waals surface area contributed by atoms with Crippen molar-refractivity contribution in [2.75, 3.05) is 12.4 Å². The van der Waals surface area contributed by atoms with Gasteiger partial charge in [0.1, 0.15) is 17.4 Å². The van der Waals surface area contributed by atoms with E-state index in [-0.39, 0.29) is 0 Å². The predicted molar refractivity (Wildman–Crippen MR) is 69.8 cm³/mol. The molecule has 1 aromatic carbocycles. The summed E-state index contributed by atoms with van der Waals surface area (Å²) in [7, 11) is 1.85. The molecule has 0 spiro atoms. The van der Waals surface area contributed by atoms with Gasteiger partial charge in [-0.05, 0) is 43.3 Å². The fraction of sp³-hybridized carbons (Fsp3) is 0.143. The Morgan fingerprint density at radius 3 is 2.50 bits per heavy atom. The quantitative estimate of drug-likeness (QED) is 0.894. The Balaban J connectivity index is 2.27. The number of nitrogens with zero attached hydrogens (tertiary/aromatic N) is 2. The third kappa shape index (κ3) is 2.58. The summed E-state index contributed by atoms with van der Waals surface area (Å²) in [6.07, 6.45) is 0. The second kappa shape index (κ2) is 5.19. The highest BCUT2D eigenvalue weighted by Gasteiger charge is 2.06. The van der Waals surface area contributed by atoms with E-state index >= 15 is 0 Å². The second-order valence-corrected chi connectivity index (χ2v) is 3.79. The molecule has 0 atom stereocenters. The van der Waals surface area contributed by atoms with Gasteiger partial charge in [-0.2, -0.15) is 5.26 Å². The molecule has 2 aromatic rings. The number of rotatable bonds is 3. The van der Waals surface area contributed by atoms with E-state index in [9.17, 15) is 0 Å². The first kappa shape index (κ1) is 11.9. The first-order valence-corrected chi connectivity index (χ1v) is 5.56. The molecule has 0 saturated carbocycles. The Bertz CT molecular complexity index is 585. The maximum Gasteiger partial charge on any atom is 0.237 e. The van der Waals surface area contributed by atoms with Crippen LogP contribution in [0.25, 0.3) is 0 Å². The Morgan fingerprint density at radius 2 is 1.89 bits per heavy atom. The van der Waals surface area contributed by atoms with E-state index in [0.29, 0.717) is 17.2 Å². The molecule has 0 saturated heterocycles. The number of aromatic nitrogens is 1. The first-order chi connectivity index (χ1) is 8.72. The minimum atomic E-state index is 0.342. The lowest BCUT2D eigenvalue weighted by Crippen LogP contribution is -1.94. The van der Waals surface area contributed by atoms with Gasteiger partial charge >= 0.3 is 0 Å². The fourth-order valence-electron chi connectivity index (χ4n) is 1.50. The number of anilines is 1. The van der Waals surface area contributed by atoms with Crippen LogP contribution in [0.1, 0.15) is 11.3 Å².